The van der Waals surface area contributed by atoms with E-state index in [1.807, 2.05) is 0 Å². The quantitative estimate of drug-likeness (QED) is 0.145. The molecule has 1 heterocycles. The van der Waals surface area contributed by atoms with Crippen LogP contribution in [0.4, 0.5) is 4.79 Å². The molecule has 0 unspecified atom stereocenters. The summed E-state index contributed by atoms with van der Waals surface area (Å²) < 4.78 is 10.6. The summed E-state index contributed by atoms with van der Waals surface area (Å²) in [6, 6.07) is -4.22. The van der Waals surface area contributed by atoms with Crippen LogP contribution in [0.2, 0.25) is 0 Å². The van der Waals surface area contributed by atoms with Gasteiger partial charge in [0.25, 0.3) is 11.8 Å². The average Bonchev–Trinajstić information content (AvgIpc) is 2.88. The van der Waals surface area contributed by atoms with Crippen LogP contribution in [0.3, 0.4) is 0 Å². The molecule has 39 heavy (non-hydrogen) atoms. The molecule has 0 aromatic carbocycles. The third-order valence-corrected chi connectivity index (χ3v) is 5.56. The van der Waals surface area contributed by atoms with Crippen molar-refractivity contribution in [2.75, 3.05) is 39.5 Å². The van der Waals surface area contributed by atoms with Crippen molar-refractivity contribution < 1.29 is 43.3 Å². The second kappa shape index (κ2) is 18.7. The first-order valence-electron chi connectivity index (χ1n) is 12.9. The standard InChI is InChI=1S/C23H41N7O9/c1-14(2)19-22(36)25-9-10-38-11-12-39-13-17(31)26-15(5-3-4-8-24)20(34)29-30-21(35)16(6-7-18(32)33)27-23(37)28-19/h14-16,19H,3-13,24H2,1-2H3,(H,25,36)(H,26,31)(H,29,34)(H,30,35)(H,32,33)(H2,27,28,37)/t15-,16-,19-/m0/s1. The zero-order valence-corrected chi connectivity index (χ0v) is 22.4. The Labute approximate surface area is 226 Å². The number of hydrazine groups is 1. The monoisotopic (exact) mass is 559 g/mol. The minimum atomic E-state index is -1.36. The number of hydrogen-bond donors (Lipinski definition) is 8. The van der Waals surface area contributed by atoms with Gasteiger partial charge >= 0.3 is 12.0 Å². The molecular weight excluding hydrogens is 518 g/mol. The van der Waals surface area contributed by atoms with Gasteiger partial charge in [-0.1, -0.05) is 13.8 Å². The highest BCUT2D eigenvalue weighted by Gasteiger charge is 2.28. The Bertz CT molecular complexity index is 841. The van der Waals surface area contributed by atoms with E-state index in [1.165, 1.54) is 0 Å². The fourth-order valence-electron chi connectivity index (χ4n) is 3.45. The lowest BCUT2D eigenvalue weighted by Gasteiger charge is -2.24. The number of urea groups is 1. The number of carboxylic acid groups (broad SMARTS) is 1. The summed E-state index contributed by atoms with van der Waals surface area (Å²) >= 11 is 0. The summed E-state index contributed by atoms with van der Waals surface area (Å²) in [5.74, 6) is -4.21. The van der Waals surface area contributed by atoms with E-state index in [4.69, 9.17) is 20.3 Å². The molecule has 0 aliphatic carbocycles. The lowest BCUT2D eigenvalue weighted by Crippen LogP contribution is -2.59. The molecule has 222 valence electrons. The Kier molecular flexibility index (Phi) is 16.1. The number of carboxylic acids is 1. The maximum atomic E-state index is 12.8. The van der Waals surface area contributed by atoms with Crippen molar-refractivity contribution in [3.63, 3.8) is 0 Å². The zero-order chi connectivity index (χ0) is 29.2. The number of nitrogens with one attached hydrogen (secondary N) is 6. The number of carbonyl (C=O) groups is 6. The van der Waals surface area contributed by atoms with Crippen molar-refractivity contribution in [2.45, 2.75) is 64.1 Å². The molecule has 0 aromatic heterocycles. The van der Waals surface area contributed by atoms with E-state index in [2.05, 4.69) is 32.1 Å². The van der Waals surface area contributed by atoms with Gasteiger partial charge in [0.15, 0.2) is 0 Å². The molecular formula is C23H41N7O9. The van der Waals surface area contributed by atoms with Gasteiger partial charge < -0.3 is 41.6 Å². The molecule has 1 saturated heterocycles. The van der Waals surface area contributed by atoms with Crippen LogP contribution in [0.1, 0.15) is 46.0 Å². The molecule has 0 radical (unpaired) electrons. The number of amides is 6. The zero-order valence-electron chi connectivity index (χ0n) is 22.4. The summed E-state index contributed by atoms with van der Waals surface area (Å²) in [4.78, 5) is 74.1. The van der Waals surface area contributed by atoms with Gasteiger partial charge in [-0.2, -0.15) is 0 Å². The Morgan fingerprint density at radius 2 is 1.54 bits per heavy atom. The van der Waals surface area contributed by atoms with Crippen LogP contribution in [0, 0.1) is 5.92 Å². The number of hydrogen-bond acceptors (Lipinski definition) is 9. The van der Waals surface area contributed by atoms with Crippen LogP contribution < -0.4 is 37.9 Å². The second-order valence-electron chi connectivity index (χ2n) is 9.16. The highest BCUT2D eigenvalue weighted by molar-refractivity contribution is 5.93. The smallest absolute Gasteiger partial charge is 0.316 e. The van der Waals surface area contributed by atoms with Crippen molar-refractivity contribution in [2.24, 2.45) is 11.7 Å². The van der Waals surface area contributed by atoms with Crippen LogP contribution in [-0.2, 0) is 33.4 Å². The number of nitrogens with two attached hydrogens (primary N) is 1. The molecule has 1 rings (SSSR count). The van der Waals surface area contributed by atoms with Crippen molar-refractivity contribution in [3.8, 4) is 0 Å². The van der Waals surface area contributed by atoms with Crippen molar-refractivity contribution in [1.29, 1.82) is 0 Å². The number of ether oxygens (including phenoxy) is 2. The molecule has 0 spiro atoms. The molecule has 0 bridgehead atoms. The van der Waals surface area contributed by atoms with E-state index in [-0.39, 0.29) is 51.7 Å². The molecule has 1 fully saturated rings. The second-order valence-corrected chi connectivity index (χ2v) is 9.16. The molecule has 0 aromatic rings. The predicted octanol–water partition coefficient (Wildman–Crippen LogP) is -2.53. The van der Waals surface area contributed by atoms with Crippen molar-refractivity contribution in [1.82, 2.24) is 32.1 Å². The lowest BCUT2D eigenvalue weighted by molar-refractivity contribution is -0.137. The van der Waals surface area contributed by atoms with Gasteiger partial charge in [0.1, 0.15) is 24.7 Å². The summed E-state index contributed by atoms with van der Waals surface area (Å²) in [5.41, 5.74) is 9.86. The fraction of sp³-hybridized carbons (Fsp3) is 0.739. The van der Waals surface area contributed by atoms with E-state index < -0.39 is 60.2 Å². The molecule has 9 N–H and O–H groups in total. The van der Waals surface area contributed by atoms with E-state index in [9.17, 15) is 28.8 Å². The first kappa shape index (κ1) is 33.5. The van der Waals surface area contributed by atoms with Gasteiger partial charge in [-0.05, 0) is 38.1 Å². The Balaban J connectivity index is 3.05. The van der Waals surface area contributed by atoms with Crippen LogP contribution in [0.15, 0.2) is 0 Å². The Morgan fingerprint density at radius 3 is 2.15 bits per heavy atom. The first-order chi connectivity index (χ1) is 18.5. The molecule has 6 amide bonds. The van der Waals surface area contributed by atoms with Gasteiger partial charge in [0, 0.05) is 13.0 Å². The van der Waals surface area contributed by atoms with E-state index >= 15 is 0 Å². The molecule has 1 aliphatic rings. The minimum absolute atomic E-state index is 0.0928. The number of aliphatic carboxylic acids is 1. The van der Waals surface area contributed by atoms with Gasteiger partial charge in [-0.15, -0.1) is 0 Å². The van der Waals surface area contributed by atoms with Gasteiger partial charge in [0.2, 0.25) is 11.8 Å². The number of carbonyl (C=O) groups excluding carboxylic acids is 5. The minimum Gasteiger partial charge on any atom is -0.481 e. The third kappa shape index (κ3) is 14.3. The van der Waals surface area contributed by atoms with Crippen LogP contribution >= 0.6 is 0 Å². The molecule has 1 aliphatic heterocycles. The summed E-state index contributed by atoms with van der Waals surface area (Å²) in [7, 11) is 0. The van der Waals surface area contributed by atoms with Crippen LogP contribution in [-0.4, -0.2) is 98.4 Å². The van der Waals surface area contributed by atoms with Crippen LogP contribution in [0.5, 0.6) is 0 Å². The van der Waals surface area contributed by atoms with Crippen LogP contribution in [0.25, 0.3) is 0 Å². The fourth-order valence-corrected chi connectivity index (χ4v) is 3.45. The number of rotatable bonds is 8. The maximum Gasteiger partial charge on any atom is 0.316 e. The first-order valence-corrected chi connectivity index (χ1v) is 12.9. The van der Waals surface area contributed by atoms with Crippen molar-refractivity contribution >= 4 is 35.6 Å². The largest absolute Gasteiger partial charge is 0.481 e. The molecule has 3 atom stereocenters. The highest BCUT2D eigenvalue weighted by atomic mass is 16.5. The molecule has 16 nitrogen and oxygen atoms in total. The van der Waals surface area contributed by atoms with Gasteiger partial charge in [0.05, 0.1) is 19.8 Å². The lowest BCUT2D eigenvalue weighted by atomic mass is 10.0. The van der Waals surface area contributed by atoms with E-state index in [0.717, 1.165) is 0 Å². The summed E-state index contributed by atoms with van der Waals surface area (Å²) in [5, 5.41) is 19.1. The summed E-state index contributed by atoms with van der Waals surface area (Å²) in [6.07, 6.45) is 0.593. The third-order valence-electron chi connectivity index (χ3n) is 5.56. The predicted molar refractivity (Wildman–Crippen MR) is 137 cm³/mol. The Hall–Kier alpha value is -3.50. The van der Waals surface area contributed by atoms with E-state index in [1.54, 1.807) is 13.8 Å². The van der Waals surface area contributed by atoms with Gasteiger partial charge in [-0.25, -0.2) is 4.79 Å². The average molecular weight is 560 g/mol. The molecule has 16 heteroatoms. The molecule has 0 saturated carbocycles. The van der Waals surface area contributed by atoms with Gasteiger partial charge in [-0.3, -0.25) is 34.8 Å². The summed E-state index contributed by atoms with van der Waals surface area (Å²) in [6.45, 7) is 4.02. The topological polar surface area (TPSA) is 239 Å². The van der Waals surface area contributed by atoms with Crippen molar-refractivity contribution in [3.05, 3.63) is 0 Å². The normalized spacial score (nSPS) is 23.3. The van der Waals surface area contributed by atoms with E-state index in [0.29, 0.717) is 19.4 Å². The highest BCUT2D eigenvalue weighted by Crippen LogP contribution is 2.04. The SMILES string of the molecule is CC(C)[C@@H]1NC(=O)N[C@@H](CCC(=O)O)C(=O)NNC(=O)[C@H](CCCCN)NC(=O)COCCOCCNC1=O. The number of unbranched alkanes of at least 4 members (excludes halogenated alkanes) is 1. The maximum absolute atomic E-state index is 12.8. The Morgan fingerprint density at radius 1 is 0.897 bits per heavy atom.